The molecule has 16 heteroatoms. The van der Waals surface area contributed by atoms with E-state index >= 15 is 0 Å². The number of benzene rings is 3. The van der Waals surface area contributed by atoms with Gasteiger partial charge in [-0.2, -0.15) is 13.2 Å². The molecule has 0 aromatic heterocycles. The Kier molecular flexibility index (Phi) is 15.9. The van der Waals surface area contributed by atoms with Crippen LogP contribution in [0.5, 0.6) is 0 Å². The van der Waals surface area contributed by atoms with Gasteiger partial charge in [-0.05, 0) is 48.8 Å². The molecular formula is C34H41F3N8O5. The first-order chi connectivity index (χ1) is 23.6. The number of amidine groups is 1. The number of nitrogens with two attached hydrogens (primary N) is 4. The van der Waals surface area contributed by atoms with E-state index in [0.717, 1.165) is 16.7 Å². The maximum Gasteiger partial charge on any atom is 0.490 e. The molecule has 3 aromatic carbocycles. The van der Waals surface area contributed by atoms with E-state index in [1.807, 2.05) is 72.8 Å². The van der Waals surface area contributed by atoms with E-state index in [0.29, 0.717) is 31.2 Å². The Morgan fingerprint density at radius 3 is 1.80 bits per heavy atom. The van der Waals surface area contributed by atoms with Crippen LogP contribution in [0.15, 0.2) is 89.9 Å². The van der Waals surface area contributed by atoms with E-state index in [9.17, 15) is 27.6 Å². The zero-order valence-electron chi connectivity index (χ0n) is 27.0. The minimum Gasteiger partial charge on any atom is -0.475 e. The number of aliphatic imine (C=N–C) groups is 1. The number of carboxylic acid groups (broad SMARTS) is 1. The quantitative estimate of drug-likeness (QED) is 0.0623. The smallest absolute Gasteiger partial charge is 0.475 e. The minimum atomic E-state index is -5.08. The summed E-state index contributed by atoms with van der Waals surface area (Å²) in [5, 5.41) is 20.4. The van der Waals surface area contributed by atoms with Crippen molar-refractivity contribution in [3.05, 3.63) is 107 Å². The third-order valence-corrected chi connectivity index (χ3v) is 7.27. The van der Waals surface area contributed by atoms with Gasteiger partial charge in [-0.1, -0.05) is 84.9 Å². The molecule has 3 aromatic rings. The van der Waals surface area contributed by atoms with Gasteiger partial charge in [0, 0.05) is 12.1 Å². The molecular weight excluding hydrogens is 657 g/mol. The zero-order chi connectivity index (χ0) is 37.3. The number of nitrogens with one attached hydrogen (secondary N) is 3. The molecule has 0 heterocycles. The molecule has 0 saturated carbocycles. The Hall–Kier alpha value is -5.93. The molecule has 0 saturated heterocycles. The number of nitrogens with zero attached hydrogens (tertiary/aromatic N) is 1. The topological polar surface area (TPSA) is 253 Å². The number of halogens is 3. The molecule has 3 atom stereocenters. The fourth-order valence-electron chi connectivity index (χ4n) is 4.66. The van der Waals surface area contributed by atoms with Crippen LogP contribution < -0.4 is 33.6 Å². The number of alkyl halides is 3. The van der Waals surface area contributed by atoms with Crippen LogP contribution in [-0.4, -0.2) is 65.4 Å². The standard InChI is InChI=1S/C32H40N8O3.C2HF3O2/c33-28(34)24-16-13-22(14-17-24)20-25(23-10-5-2-6-11-23)30(42)40-27(18-15-21-8-3-1-4-9-21)31(43)39-26(29(35)41)12-7-19-38-32(36)37;3-2(4,5)1(6)7/h1-6,8-11,13-14,16-17,25-27H,7,12,15,18-20H2,(H3,33,34)(H2,35,41)(H,39,43)(H,40,42)(H4,36,37,38);(H,6,7)/t25?,26-,27-;/m0./s1. The maximum atomic E-state index is 13.9. The molecule has 0 spiro atoms. The van der Waals surface area contributed by atoms with Crippen molar-refractivity contribution in [1.82, 2.24) is 10.6 Å². The van der Waals surface area contributed by atoms with Gasteiger partial charge in [0.05, 0.1) is 5.92 Å². The van der Waals surface area contributed by atoms with E-state index in [1.165, 1.54) is 0 Å². The van der Waals surface area contributed by atoms with Crippen molar-refractivity contribution < 1.29 is 37.5 Å². The molecule has 13 nitrogen and oxygen atoms in total. The first-order valence-electron chi connectivity index (χ1n) is 15.4. The van der Waals surface area contributed by atoms with Crippen LogP contribution in [0.4, 0.5) is 13.2 Å². The third kappa shape index (κ3) is 14.5. The van der Waals surface area contributed by atoms with Crippen LogP contribution in [0.3, 0.4) is 0 Å². The van der Waals surface area contributed by atoms with Crippen molar-refractivity contribution >= 4 is 35.5 Å². The van der Waals surface area contributed by atoms with Crippen LogP contribution in [-0.2, 0) is 32.0 Å². The van der Waals surface area contributed by atoms with E-state index < -0.39 is 42.0 Å². The highest BCUT2D eigenvalue weighted by molar-refractivity contribution is 5.95. The number of aryl methyl sites for hydroxylation is 1. The molecule has 0 fully saturated rings. The van der Waals surface area contributed by atoms with Crippen LogP contribution in [0.1, 0.15) is 47.4 Å². The van der Waals surface area contributed by atoms with Crippen LogP contribution in [0, 0.1) is 5.41 Å². The lowest BCUT2D eigenvalue weighted by Gasteiger charge is -2.25. The molecule has 0 radical (unpaired) electrons. The summed E-state index contributed by atoms with van der Waals surface area (Å²) in [5.41, 5.74) is 25.2. The van der Waals surface area contributed by atoms with E-state index in [4.69, 9.17) is 38.2 Å². The number of amides is 3. The number of hydrogen-bond donors (Lipinski definition) is 8. The van der Waals surface area contributed by atoms with Gasteiger partial charge in [0.2, 0.25) is 17.7 Å². The van der Waals surface area contributed by atoms with Gasteiger partial charge in [-0.25, -0.2) is 4.79 Å². The first kappa shape index (κ1) is 40.2. The molecule has 1 unspecified atom stereocenters. The molecule has 0 aliphatic rings. The molecule has 0 bridgehead atoms. The van der Waals surface area contributed by atoms with Gasteiger partial charge in [-0.15, -0.1) is 0 Å². The first-order valence-corrected chi connectivity index (χ1v) is 15.4. The molecule has 268 valence electrons. The van der Waals surface area contributed by atoms with Crippen molar-refractivity contribution in [3.8, 4) is 0 Å². The van der Waals surface area contributed by atoms with Gasteiger partial charge in [-0.3, -0.25) is 24.8 Å². The summed E-state index contributed by atoms with van der Waals surface area (Å²) in [7, 11) is 0. The lowest BCUT2D eigenvalue weighted by molar-refractivity contribution is -0.192. The second kappa shape index (κ2) is 19.8. The van der Waals surface area contributed by atoms with Crippen LogP contribution in [0.2, 0.25) is 0 Å². The molecule has 3 rings (SSSR count). The predicted octanol–water partition coefficient (Wildman–Crippen LogP) is 2.07. The summed E-state index contributed by atoms with van der Waals surface area (Å²) in [4.78, 5) is 52.4. The number of carbonyl (C=O) groups is 4. The van der Waals surface area contributed by atoms with Crippen molar-refractivity contribution in [2.24, 2.45) is 27.9 Å². The number of rotatable bonds is 16. The van der Waals surface area contributed by atoms with Gasteiger partial charge in [0.1, 0.15) is 17.9 Å². The van der Waals surface area contributed by atoms with Crippen molar-refractivity contribution in [2.75, 3.05) is 6.54 Å². The Morgan fingerprint density at radius 2 is 1.30 bits per heavy atom. The number of guanidine groups is 1. The summed E-state index contributed by atoms with van der Waals surface area (Å²) >= 11 is 0. The number of nitrogen functional groups attached to an aromatic ring is 1. The molecule has 3 amide bonds. The number of hydrogen-bond acceptors (Lipinski definition) is 6. The van der Waals surface area contributed by atoms with Crippen LogP contribution in [0.25, 0.3) is 0 Å². The monoisotopic (exact) mass is 698 g/mol. The molecule has 0 aliphatic carbocycles. The number of primary amides is 1. The average molecular weight is 699 g/mol. The number of aliphatic carboxylic acids is 1. The van der Waals surface area contributed by atoms with E-state index in [-0.39, 0.29) is 30.7 Å². The lowest BCUT2D eigenvalue weighted by Crippen LogP contribution is -2.53. The summed E-state index contributed by atoms with van der Waals surface area (Å²) in [6.45, 7) is 0.280. The summed E-state index contributed by atoms with van der Waals surface area (Å²) in [6.07, 6.45) is -3.25. The second-order valence-electron chi connectivity index (χ2n) is 11.1. The Labute approximate surface area is 286 Å². The van der Waals surface area contributed by atoms with Gasteiger partial charge < -0.3 is 38.7 Å². The van der Waals surface area contributed by atoms with E-state index in [1.54, 1.807) is 12.1 Å². The SMILES string of the molecule is N=C(N)c1ccc(CC(C(=O)N[C@@H](CCc2ccccc2)C(=O)N[C@@H](CCCN=C(N)N)C(N)=O)c2ccccc2)cc1.O=C(O)C(F)(F)F. The predicted molar refractivity (Wildman–Crippen MR) is 182 cm³/mol. The lowest BCUT2D eigenvalue weighted by atomic mass is 9.90. The van der Waals surface area contributed by atoms with Gasteiger partial charge in [0.25, 0.3) is 0 Å². The average Bonchev–Trinajstić information content (AvgIpc) is 3.07. The number of carboxylic acids is 1. The van der Waals surface area contributed by atoms with E-state index in [2.05, 4.69) is 15.6 Å². The molecule has 12 N–H and O–H groups in total. The minimum absolute atomic E-state index is 0.0401. The van der Waals surface area contributed by atoms with Crippen molar-refractivity contribution in [1.29, 1.82) is 5.41 Å². The normalized spacial score (nSPS) is 12.5. The van der Waals surface area contributed by atoms with Gasteiger partial charge in [0.15, 0.2) is 5.96 Å². The highest BCUT2D eigenvalue weighted by Gasteiger charge is 2.38. The fourth-order valence-corrected chi connectivity index (χ4v) is 4.66. The number of carbonyl (C=O) groups excluding carboxylic acids is 3. The summed E-state index contributed by atoms with van der Waals surface area (Å²) in [5.74, 6) is -5.00. The second-order valence-corrected chi connectivity index (χ2v) is 11.1. The van der Waals surface area contributed by atoms with Crippen LogP contribution >= 0.6 is 0 Å². The summed E-state index contributed by atoms with van der Waals surface area (Å²) < 4.78 is 31.7. The third-order valence-electron chi connectivity index (χ3n) is 7.27. The Morgan fingerprint density at radius 1 is 0.760 bits per heavy atom. The summed E-state index contributed by atoms with van der Waals surface area (Å²) in [6, 6.07) is 24.2. The van der Waals surface area contributed by atoms with Crippen molar-refractivity contribution in [2.45, 2.75) is 56.3 Å². The Bertz CT molecular complexity index is 1600. The molecule has 0 aliphatic heterocycles. The zero-order valence-corrected chi connectivity index (χ0v) is 27.0. The fraction of sp³-hybridized carbons (Fsp3) is 0.294. The maximum absolute atomic E-state index is 13.9. The largest absolute Gasteiger partial charge is 0.490 e. The van der Waals surface area contributed by atoms with Crippen molar-refractivity contribution in [3.63, 3.8) is 0 Å². The Balaban J connectivity index is 0.00000112. The highest BCUT2D eigenvalue weighted by Crippen LogP contribution is 2.22. The van der Waals surface area contributed by atoms with Gasteiger partial charge >= 0.3 is 12.1 Å². The highest BCUT2D eigenvalue weighted by atomic mass is 19.4. The molecule has 50 heavy (non-hydrogen) atoms.